The molecule has 0 atom stereocenters. The lowest BCUT2D eigenvalue weighted by atomic mass is 10.3. The van der Waals surface area contributed by atoms with Crippen LogP contribution in [0.2, 0.25) is 0 Å². The van der Waals surface area contributed by atoms with Crippen molar-refractivity contribution in [2.24, 2.45) is 0 Å². The van der Waals surface area contributed by atoms with Crippen LogP contribution in [-0.2, 0) is 13.1 Å². The molecule has 0 fully saturated rings. The second-order valence-corrected chi connectivity index (χ2v) is 4.89. The molecule has 0 saturated carbocycles. The minimum absolute atomic E-state index is 0.439. The molecule has 2 rings (SSSR count). The molecule has 0 spiro atoms. The summed E-state index contributed by atoms with van der Waals surface area (Å²) in [5.41, 5.74) is 2.07. The van der Waals surface area contributed by atoms with Crippen LogP contribution < -0.4 is 10.2 Å². The first kappa shape index (κ1) is 13.5. The average molecular weight is 260 g/mol. The number of aromatic nitrogens is 2. The van der Waals surface area contributed by atoms with Crippen molar-refractivity contribution in [1.82, 2.24) is 15.3 Å². The van der Waals surface area contributed by atoms with Crippen LogP contribution >= 0.6 is 0 Å². The lowest BCUT2D eigenvalue weighted by Gasteiger charge is -2.17. The van der Waals surface area contributed by atoms with Gasteiger partial charge in [0.2, 0.25) is 0 Å². The van der Waals surface area contributed by atoms with Crippen molar-refractivity contribution in [2.75, 3.05) is 11.9 Å². The van der Waals surface area contributed by atoms with Crippen LogP contribution in [-0.4, -0.2) is 23.1 Å². The highest BCUT2D eigenvalue weighted by Gasteiger charge is 2.06. The van der Waals surface area contributed by atoms with E-state index in [0.29, 0.717) is 6.04 Å². The Labute approximate surface area is 113 Å². The Morgan fingerprint density at radius 2 is 2.21 bits per heavy atom. The molecule has 0 saturated heterocycles. The molecule has 5 nitrogen and oxygen atoms in total. The Morgan fingerprint density at radius 3 is 2.89 bits per heavy atom. The van der Waals surface area contributed by atoms with Gasteiger partial charge in [0.1, 0.15) is 5.82 Å². The fourth-order valence-electron chi connectivity index (χ4n) is 1.71. The third-order valence-electron chi connectivity index (χ3n) is 2.75. The maximum atomic E-state index is 5.07. The number of furan rings is 1. The van der Waals surface area contributed by atoms with E-state index in [4.69, 9.17) is 4.42 Å². The van der Waals surface area contributed by atoms with Crippen molar-refractivity contribution in [3.8, 4) is 0 Å². The van der Waals surface area contributed by atoms with E-state index in [-0.39, 0.29) is 0 Å². The highest BCUT2D eigenvalue weighted by Crippen LogP contribution is 2.12. The molecule has 0 unspecified atom stereocenters. The summed E-state index contributed by atoms with van der Waals surface area (Å²) in [5.74, 6) is 0.865. The molecule has 2 aromatic heterocycles. The van der Waals surface area contributed by atoms with Crippen molar-refractivity contribution in [2.45, 2.75) is 33.0 Å². The molecule has 2 heterocycles. The number of hydrogen-bond donors (Lipinski definition) is 1. The maximum absolute atomic E-state index is 5.07. The van der Waals surface area contributed by atoms with E-state index in [1.807, 2.05) is 13.1 Å². The van der Waals surface area contributed by atoms with Crippen LogP contribution in [0.15, 0.2) is 35.4 Å². The quantitative estimate of drug-likeness (QED) is 0.863. The van der Waals surface area contributed by atoms with Gasteiger partial charge in [-0.05, 0) is 6.07 Å². The molecule has 0 radical (unpaired) electrons. The average Bonchev–Trinajstić information content (AvgIpc) is 2.89. The summed E-state index contributed by atoms with van der Waals surface area (Å²) in [5, 5.41) is 3.34. The Hall–Kier alpha value is -1.88. The van der Waals surface area contributed by atoms with Gasteiger partial charge in [-0.3, -0.25) is 4.98 Å². The topological polar surface area (TPSA) is 54.2 Å². The second kappa shape index (κ2) is 6.33. The van der Waals surface area contributed by atoms with Gasteiger partial charge >= 0.3 is 0 Å². The molecular formula is C14H20N4O. The molecule has 19 heavy (non-hydrogen) atoms. The van der Waals surface area contributed by atoms with Gasteiger partial charge < -0.3 is 14.6 Å². The van der Waals surface area contributed by atoms with Crippen LogP contribution in [0.3, 0.4) is 0 Å². The molecule has 0 aromatic carbocycles. The zero-order valence-electron chi connectivity index (χ0n) is 11.6. The van der Waals surface area contributed by atoms with Crippen molar-refractivity contribution in [1.29, 1.82) is 0 Å². The molecule has 102 valence electrons. The summed E-state index contributed by atoms with van der Waals surface area (Å²) in [6, 6.07) is 2.39. The van der Waals surface area contributed by atoms with Crippen LogP contribution in [0.4, 0.5) is 5.82 Å². The fraction of sp³-hybridized carbons (Fsp3) is 0.429. The Balaban J connectivity index is 2.01. The largest absolute Gasteiger partial charge is 0.472 e. The van der Waals surface area contributed by atoms with Gasteiger partial charge in [0.15, 0.2) is 0 Å². The molecule has 2 aromatic rings. The molecule has 0 aliphatic rings. The van der Waals surface area contributed by atoms with Gasteiger partial charge in [-0.1, -0.05) is 13.8 Å². The standard InChI is InChI=1S/C14H20N4O/c1-11(2)16-7-13-6-15-8-14(17-13)18(3)9-12-4-5-19-10-12/h4-6,8,10-11,16H,7,9H2,1-3H3. The molecule has 0 amide bonds. The van der Waals surface area contributed by atoms with E-state index in [1.54, 1.807) is 24.9 Å². The lowest BCUT2D eigenvalue weighted by Crippen LogP contribution is -2.23. The van der Waals surface area contributed by atoms with E-state index < -0.39 is 0 Å². The fourth-order valence-corrected chi connectivity index (χ4v) is 1.71. The van der Waals surface area contributed by atoms with E-state index in [9.17, 15) is 0 Å². The summed E-state index contributed by atoms with van der Waals surface area (Å²) < 4.78 is 5.07. The van der Waals surface area contributed by atoms with Crippen molar-refractivity contribution in [3.63, 3.8) is 0 Å². The highest BCUT2D eigenvalue weighted by atomic mass is 16.3. The minimum Gasteiger partial charge on any atom is -0.472 e. The minimum atomic E-state index is 0.439. The zero-order valence-corrected chi connectivity index (χ0v) is 11.6. The van der Waals surface area contributed by atoms with Crippen molar-refractivity contribution in [3.05, 3.63) is 42.2 Å². The maximum Gasteiger partial charge on any atom is 0.147 e. The van der Waals surface area contributed by atoms with Gasteiger partial charge in [0.05, 0.1) is 24.4 Å². The third-order valence-corrected chi connectivity index (χ3v) is 2.75. The van der Waals surface area contributed by atoms with Crippen molar-refractivity contribution < 1.29 is 4.42 Å². The molecule has 0 aliphatic heterocycles. The number of anilines is 1. The Kier molecular flexibility index (Phi) is 4.52. The predicted molar refractivity (Wildman–Crippen MR) is 74.8 cm³/mol. The van der Waals surface area contributed by atoms with Crippen LogP contribution in [0.5, 0.6) is 0 Å². The third kappa shape index (κ3) is 4.06. The summed E-state index contributed by atoms with van der Waals surface area (Å²) in [7, 11) is 2.00. The molecular weight excluding hydrogens is 240 g/mol. The Bertz CT molecular complexity index is 496. The summed E-state index contributed by atoms with van der Waals surface area (Å²) >= 11 is 0. The van der Waals surface area contributed by atoms with Crippen LogP contribution in [0, 0.1) is 0 Å². The first-order valence-electron chi connectivity index (χ1n) is 6.41. The molecule has 5 heteroatoms. The molecule has 1 N–H and O–H groups in total. The van der Waals surface area contributed by atoms with E-state index in [2.05, 4.69) is 34.0 Å². The van der Waals surface area contributed by atoms with Gasteiger partial charge in [0, 0.05) is 37.9 Å². The van der Waals surface area contributed by atoms with Crippen molar-refractivity contribution >= 4 is 5.82 Å². The first-order valence-corrected chi connectivity index (χ1v) is 6.41. The molecule has 0 bridgehead atoms. The van der Waals surface area contributed by atoms with Gasteiger partial charge in [-0.15, -0.1) is 0 Å². The zero-order chi connectivity index (χ0) is 13.7. The number of nitrogens with zero attached hydrogens (tertiary/aromatic N) is 3. The number of rotatable bonds is 6. The van der Waals surface area contributed by atoms with E-state index >= 15 is 0 Å². The first-order chi connectivity index (χ1) is 9.15. The number of nitrogens with one attached hydrogen (secondary N) is 1. The van der Waals surface area contributed by atoms with Crippen LogP contribution in [0.25, 0.3) is 0 Å². The Morgan fingerprint density at radius 1 is 1.37 bits per heavy atom. The van der Waals surface area contributed by atoms with Crippen LogP contribution in [0.1, 0.15) is 25.1 Å². The summed E-state index contributed by atoms with van der Waals surface area (Å²) in [4.78, 5) is 10.9. The van der Waals surface area contributed by atoms with Gasteiger partial charge in [-0.25, -0.2) is 4.98 Å². The second-order valence-electron chi connectivity index (χ2n) is 4.89. The lowest BCUT2D eigenvalue weighted by molar-refractivity contribution is 0.563. The monoisotopic (exact) mass is 260 g/mol. The van der Waals surface area contributed by atoms with Gasteiger partial charge in [-0.2, -0.15) is 0 Å². The predicted octanol–water partition coefficient (Wildman–Crippen LogP) is 2.20. The van der Waals surface area contributed by atoms with E-state index in [1.165, 1.54) is 0 Å². The normalized spacial score (nSPS) is 10.9. The smallest absolute Gasteiger partial charge is 0.147 e. The summed E-state index contributed by atoms with van der Waals surface area (Å²) in [6.45, 7) is 5.72. The highest BCUT2D eigenvalue weighted by molar-refractivity contribution is 5.36. The SMILES string of the molecule is CC(C)NCc1cncc(N(C)Cc2ccoc2)n1. The molecule has 0 aliphatic carbocycles. The number of hydrogen-bond acceptors (Lipinski definition) is 5. The summed E-state index contributed by atoms with van der Waals surface area (Å²) in [6.07, 6.45) is 7.00. The van der Waals surface area contributed by atoms with Gasteiger partial charge in [0.25, 0.3) is 0 Å². The van der Waals surface area contributed by atoms with E-state index in [0.717, 1.165) is 30.2 Å².